The molecule has 1 aliphatic heterocycles. The predicted molar refractivity (Wildman–Crippen MR) is 83.1 cm³/mol. The number of rotatable bonds is 5. The highest BCUT2D eigenvalue weighted by Crippen LogP contribution is 2.20. The van der Waals surface area contributed by atoms with Crippen LogP contribution in [0, 0.1) is 0 Å². The molecule has 6 heteroatoms. The zero-order valence-corrected chi connectivity index (χ0v) is 12.8. The highest BCUT2D eigenvalue weighted by molar-refractivity contribution is 7.99. The molecule has 0 bridgehead atoms. The smallest absolute Gasteiger partial charge is 0.233 e. The summed E-state index contributed by atoms with van der Waals surface area (Å²) in [6.07, 6.45) is 2.14. The third-order valence-electron chi connectivity index (χ3n) is 3.63. The van der Waals surface area contributed by atoms with Crippen molar-refractivity contribution in [3.05, 3.63) is 29.8 Å². The number of aryl methyl sites for hydroxylation is 1. The average molecular weight is 302 g/mol. The molecule has 110 valence electrons. The first-order valence-corrected chi connectivity index (χ1v) is 8.17. The van der Waals surface area contributed by atoms with E-state index in [1.54, 1.807) is 0 Å². The van der Waals surface area contributed by atoms with Gasteiger partial charge in [-0.05, 0) is 18.4 Å². The number of thioether (sulfide) groups is 1. The summed E-state index contributed by atoms with van der Waals surface area (Å²) in [4.78, 5) is 18.1. The van der Waals surface area contributed by atoms with Crippen molar-refractivity contribution in [2.75, 3.05) is 18.8 Å². The lowest BCUT2D eigenvalue weighted by molar-refractivity contribution is -0.131. The number of carbonyl (C=O) groups is 1. The van der Waals surface area contributed by atoms with Crippen LogP contribution in [0.5, 0.6) is 0 Å². The quantitative estimate of drug-likeness (QED) is 0.861. The number of likely N-dealkylation sites (tertiary alicyclic amines) is 1. The molecule has 21 heavy (non-hydrogen) atoms. The summed E-state index contributed by atoms with van der Waals surface area (Å²) < 4.78 is 0. The van der Waals surface area contributed by atoms with Crippen LogP contribution in [0.4, 0.5) is 0 Å². The lowest BCUT2D eigenvalue weighted by Gasteiger charge is -2.30. The first-order valence-electron chi connectivity index (χ1n) is 7.18. The lowest BCUT2D eigenvalue weighted by atomic mass is 10.1. The van der Waals surface area contributed by atoms with Crippen LogP contribution in [-0.2, 0) is 11.2 Å². The Kier molecular flexibility index (Phi) is 4.24. The topological polar surface area (TPSA) is 61.9 Å². The van der Waals surface area contributed by atoms with E-state index in [4.69, 9.17) is 0 Å². The average Bonchev–Trinajstić information content (AvgIpc) is 2.92. The van der Waals surface area contributed by atoms with E-state index < -0.39 is 0 Å². The Hall–Kier alpha value is -1.82. The first kappa shape index (κ1) is 14.1. The number of hydrogen-bond donors (Lipinski definition) is 1. The molecular weight excluding hydrogens is 284 g/mol. The van der Waals surface area contributed by atoms with E-state index in [-0.39, 0.29) is 5.91 Å². The fourth-order valence-electron chi connectivity index (χ4n) is 2.12. The van der Waals surface area contributed by atoms with Gasteiger partial charge in [-0.2, -0.15) is 0 Å². The SMILES string of the molecule is CCc1ccc(-c2nc(SCC(=O)N3CCC3)n[nH]2)cc1. The first-order chi connectivity index (χ1) is 10.3. The summed E-state index contributed by atoms with van der Waals surface area (Å²) in [5.74, 6) is 1.33. The Morgan fingerprint density at radius 3 is 2.71 bits per heavy atom. The van der Waals surface area contributed by atoms with Crippen molar-refractivity contribution in [3.8, 4) is 11.4 Å². The van der Waals surface area contributed by atoms with E-state index in [1.807, 2.05) is 17.0 Å². The molecule has 1 N–H and O–H groups in total. The molecule has 1 aromatic carbocycles. The fourth-order valence-corrected chi connectivity index (χ4v) is 2.82. The summed E-state index contributed by atoms with van der Waals surface area (Å²) >= 11 is 1.38. The Bertz CT molecular complexity index is 619. The molecule has 1 amide bonds. The van der Waals surface area contributed by atoms with Crippen molar-refractivity contribution in [3.63, 3.8) is 0 Å². The minimum Gasteiger partial charge on any atom is -0.342 e. The van der Waals surface area contributed by atoms with Gasteiger partial charge in [0.15, 0.2) is 5.82 Å². The predicted octanol–water partition coefficient (Wildman–Crippen LogP) is 2.36. The monoisotopic (exact) mass is 302 g/mol. The normalized spacial score (nSPS) is 14.0. The van der Waals surface area contributed by atoms with E-state index in [0.717, 1.165) is 37.3 Å². The molecule has 0 spiro atoms. The van der Waals surface area contributed by atoms with Gasteiger partial charge in [0.2, 0.25) is 11.1 Å². The standard InChI is InChI=1S/C15H18N4OS/c1-2-11-4-6-12(7-5-11)14-16-15(18-17-14)21-10-13(20)19-8-3-9-19/h4-7H,2-3,8-10H2,1H3,(H,16,17,18). The number of benzene rings is 1. The van der Waals surface area contributed by atoms with Crippen LogP contribution < -0.4 is 0 Å². The summed E-state index contributed by atoms with van der Waals surface area (Å²) in [6, 6.07) is 8.27. The molecule has 0 radical (unpaired) electrons. The molecular formula is C15H18N4OS. The third kappa shape index (κ3) is 3.26. The van der Waals surface area contributed by atoms with Crippen LogP contribution in [-0.4, -0.2) is 44.8 Å². The van der Waals surface area contributed by atoms with Gasteiger partial charge in [0, 0.05) is 18.7 Å². The Balaban J connectivity index is 1.61. The van der Waals surface area contributed by atoms with E-state index in [2.05, 4.69) is 34.2 Å². The molecule has 1 aromatic heterocycles. The molecule has 0 aliphatic carbocycles. The number of aromatic nitrogens is 3. The zero-order chi connectivity index (χ0) is 14.7. The summed E-state index contributed by atoms with van der Waals surface area (Å²) in [5.41, 5.74) is 2.31. The summed E-state index contributed by atoms with van der Waals surface area (Å²) in [6.45, 7) is 3.91. The van der Waals surface area contributed by atoms with Gasteiger partial charge in [-0.3, -0.25) is 9.89 Å². The second-order valence-corrected chi connectivity index (χ2v) is 5.98. The van der Waals surface area contributed by atoms with Gasteiger partial charge in [-0.1, -0.05) is 43.0 Å². The van der Waals surface area contributed by atoms with Gasteiger partial charge in [-0.15, -0.1) is 5.10 Å². The van der Waals surface area contributed by atoms with Crippen LogP contribution in [0.1, 0.15) is 18.9 Å². The molecule has 2 aromatic rings. The van der Waals surface area contributed by atoms with Crippen LogP contribution in [0.2, 0.25) is 0 Å². The molecule has 0 unspecified atom stereocenters. The minimum atomic E-state index is 0.171. The number of nitrogens with zero attached hydrogens (tertiary/aromatic N) is 3. The molecule has 0 saturated carbocycles. The molecule has 1 saturated heterocycles. The molecule has 5 nitrogen and oxygen atoms in total. The minimum absolute atomic E-state index is 0.171. The van der Waals surface area contributed by atoms with E-state index in [9.17, 15) is 4.79 Å². The second-order valence-electron chi connectivity index (χ2n) is 5.04. The van der Waals surface area contributed by atoms with Crippen LogP contribution in [0.3, 0.4) is 0 Å². The van der Waals surface area contributed by atoms with Crippen molar-refractivity contribution >= 4 is 17.7 Å². The van der Waals surface area contributed by atoms with Crippen molar-refractivity contribution < 1.29 is 4.79 Å². The molecule has 2 heterocycles. The summed E-state index contributed by atoms with van der Waals surface area (Å²) in [5, 5.41) is 7.72. The van der Waals surface area contributed by atoms with Crippen molar-refractivity contribution in [1.82, 2.24) is 20.1 Å². The maximum atomic E-state index is 11.8. The van der Waals surface area contributed by atoms with E-state index in [0.29, 0.717) is 10.9 Å². The maximum absolute atomic E-state index is 11.8. The fraction of sp³-hybridized carbons (Fsp3) is 0.400. The van der Waals surface area contributed by atoms with Crippen molar-refractivity contribution in [1.29, 1.82) is 0 Å². The highest BCUT2D eigenvalue weighted by Gasteiger charge is 2.20. The largest absolute Gasteiger partial charge is 0.342 e. The molecule has 1 fully saturated rings. The maximum Gasteiger partial charge on any atom is 0.233 e. The number of carbonyl (C=O) groups excluding carboxylic acids is 1. The Morgan fingerprint density at radius 2 is 2.10 bits per heavy atom. The number of hydrogen-bond acceptors (Lipinski definition) is 4. The van der Waals surface area contributed by atoms with Gasteiger partial charge >= 0.3 is 0 Å². The lowest BCUT2D eigenvalue weighted by Crippen LogP contribution is -2.43. The van der Waals surface area contributed by atoms with Crippen molar-refractivity contribution in [2.45, 2.75) is 24.9 Å². The zero-order valence-electron chi connectivity index (χ0n) is 12.0. The van der Waals surface area contributed by atoms with Crippen LogP contribution in [0.25, 0.3) is 11.4 Å². The van der Waals surface area contributed by atoms with Gasteiger partial charge in [0.05, 0.1) is 5.75 Å². The van der Waals surface area contributed by atoms with E-state index in [1.165, 1.54) is 17.3 Å². The summed E-state index contributed by atoms with van der Waals surface area (Å²) in [7, 11) is 0. The van der Waals surface area contributed by atoms with Gasteiger partial charge in [0.1, 0.15) is 0 Å². The van der Waals surface area contributed by atoms with Gasteiger partial charge < -0.3 is 4.90 Å². The van der Waals surface area contributed by atoms with Crippen LogP contribution >= 0.6 is 11.8 Å². The van der Waals surface area contributed by atoms with Gasteiger partial charge in [0.25, 0.3) is 0 Å². The molecule has 3 rings (SSSR count). The third-order valence-corrected chi connectivity index (χ3v) is 4.47. The van der Waals surface area contributed by atoms with Crippen molar-refractivity contribution in [2.24, 2.45) is 0 Å². The van der Waals surface area contributed by atoms with Gasteiger partial charge in [-0.25, -0.2) is 4.98 Å². The number of amides is 1. The molecule has 1 aliphatic rings. The number of nitrogens with one attached hydrogen (secondary N) is 1. The number of H-pyrrole nitrogens is 1. The Labute approximate surface area is 128 Å². The van der Waals surface area contributed by atoms with E-state index >= 15 is 0 Å². The second kappa shape index (κ2) is 6.30. The van der Waals surface area contributed by atoms with Crippen LogP contribution in [0.15, 0.2) is 29.4 Å². The molecule has 0 atom stereocenters. The number of aromatic amines is 1. The highest BCUT2D eigenvalue weighted by atomic mass is 32.2. The Morgan fingerprint density at radius 1 is 1.33 bits per heavy atom.